The largest absolute Gasteiger partial charge is 0.393 e. The second-order valence-corrected chi connectivity index (χ2v) is 6.12. The summed E-state index contributed by atoms with van der Waals surface area (Å²) >= 11 is 3.21. The highest BCUT2D eigenvalue weighted by atomic mass is 79.9. The van der Waals surface area contributed by atoms with Gasteiger partial charge in [-0.3, -0.25) is 0 Å². The summed E-state index contributed by atoms with van der Waals surface area (Å²) in [6.07, 6.45) is -2.77. The van der Waals surface area contributed by atoms with E-state index in [0.717, 1.165) is 5.56 Å². The van der Waals surface area contributed by atoms with Crippen LogP contribution in [0.1, 0.15) is 18.4 Å². The molecule has 0 aliphatic carbocycles. The molecule has 20 heavy (non-hydrogen) atoms. The Morgan fingerprint density at radius 1 is 1.25 bits per heavy atom. The summed E-state index contributed by atoms with van der Waals surface area (Å²) in [4.78, 5) is 1.82. The van der Waals surface area contributed by atoms with Crippen LogP contribution in [0.2, 0.25) is 0 Å². The van der Waals surface area contributed by atoms with E-state index in [1.165, 1.54) is 12.1 Å². The minimum atomic E-state index is -4.11. The Hall–Kier alpha value is -0.620. The molecule has 0 saturated carbocycles. The van der Waals surface area contributed by atoms with Gasteiger partial charge in [0.1, 0.15) is 5.82 Å². The second kappa shape index (κ2) is 6.43. The van der Waals surface area contributed by atoms with Crippen LogP contribution in [0.4, 0.5) is 17.6 Å². The Kier molecular flexibility index (Phi) is 5.07. The van der Waals surface area contributed by atoms with E-state index < -0.39 is 12.1 Å². The highest BCUT2D eigenvalue weighted by Crippen LogP contribution is 2.33. The van der Waals surface area contributed by atoms with E-state index in [2.05, 4.69) is 15.9 Å². The van der Waals surface area contributed by atoms with E-state index in [-0.39, 0.29) is 18.8 Å². The highest BCUT2D eigenvalue weighted by molar-refractivity contribution is 9.10. The molecule has 6 heteroatoms. The van der Waals surface area contributed by atoms with E-state index >= 15 is 0 Å². The lowest BCUT2D eigenvalue weighted by molar-refractivity contribution is -0.186. The number of piperidine rings is 1. The number of rotatable bonds is 3. The van der Waals surface area contributed by atoms with Crippen LogP contribution < -0.4 is 0 Å². The lowest BCUT2D eigenvalue weighted by Crippen LogP contribution is -2.42. The molecule has 1 fully saturated rings. The van der Waals surface area contributed by atoms with Crippen molar-refractivity contribution >= 4 is 15.9 Å². The Labute approximate surface area is 124 Å². The van der Waals surface area contributed by atoms with Gasteiger partial charge in [-0.2, -0.15) is 13.2 Å². The Bertz CT molecular complexity index is 441. The normalized spacial score (nSPS) is 21.1. The van der Waals surface area contributed by atoms with Crippen LogP contribution in [0.3, 0.4) is 0 Å². The molecule has 0 aromatic heterocycles. The number of alkyl halides is 3. The quantitative estimate of drug-likeness (QED) is 0.727. The lowest BCUT2D eigenvalue weighted by Gasteiger charge is -2.33. The molecule has 1 unspecified atom stereocenters. The summed E-state index contributed by atoms with van der Waals surface area (Å²) in [5.74, 6) is -1.56. The van der Waals surface area contributed by atoms with E-state index in [0.29, 0.717) is 30.4 Å². The third-order valence-corrected chi connectivity index (χ3v) is 4.07. The molecule has 1 atom stereocenters. The summed E-state index contributed by atoms with van der Waals surface area (Å²) in [5, 5.41) is 0. The predicted molar refractivity (Wildman–Crippen MR) is 73.0 cm³/mol. The molecule has 2 rings (SSSR count). The molecule has 1 aliphatic heterocycles. The molecule has 0 bridgehead atoms. The van der Waals surface area contributed by atoms with Crippen LogP contribution in [0.5, 0.6) is 0 Å². The van der Waals surface area contributed by atoms with Gasteiger partial charge in [-0.15, -0.1) is 0 Å². The maximum absolute atomic E-state index is 13.2. The van der Waals surface area contributed by atoms with Gasteiger partial charge in [0.25, 0.3) is 0 Å². The molecule has 1 heterocycles. The maximum atomic E-state index is 13.2. The number of nitrogens with zero attached hydrogens (tertiary/aromatic N) is 1. The molecule has 0 radical (unpaired) electrons. The van der Waals surface area contributed by atoms with Crippen molar-refractivity contribution < 1.29 is 17.6 Å². The second-order valence-electron chi connectivity index (χ2n) is 5.21. The van der Waals surface area contributed by atoms with Crippen LogP contribution in [0.25, 0.3) is 0 Å². The third kappa shape index (κ3) is 4.45. The first-order chi connectivity index (χ1) is 9.34. The Balaban J connectivity index is 1.90. The topological polar surface area (TPSA) is 3.24 Å². The molecule has 1 aromatic rings. The number of benzene rings is 1. The molecule has 112 valence electrons. The zero-order valence-electron chi connectivity index (χ0n) is 10.9. The van der Waals surface area contributed by atoms with Gasteiger partial charge in [0, 0.05) is 17.6 Å². The minimum Gasteiger partial charge on any atom is -0.302 e. The van der Waals surface area contributed by atoms with E-state index in [1.807, 2.05) is 4.90 Å². The molecule has 1 aromatic carbocycles. The first-order valence-corrected chi connectivity index (χ1v) is 7.38. The van der Waals surface area contributed by atoms with Gasteiger partial charge in [-0.25, -0.2) is 4.39 Å². The van der Waals surface area contributed by atoms with Crippen LogP contribution >= 0.6 is 15.9 Å². The third-order valence-electron chi connectivity index (χ3n) is 3.61. The number of hydrogen-bond acceptors (Lipinski definition) is 1. The van der Waals surface area contributed by atoms with E-state index in [9.17, 15) is 17.6 Å². The summed E-state index contributed by atoms with van der Waals surface area (Å²) in [5.41, 5.74) is 0.797. The Morgan fingerprint density at radius 2 is 2.00 bits per heavy atom. The van der Waals surface area contributed by atoms with Gasteiger partial charge in [-0.05, 0) is 49.6 Å². The monoisotopic (exact) mass is 353 g/mol. The summed E-state index contributed by atoms with van der Waals surface area (Å²) in [7, 11) is 0. The molecule has 0 N–H and O–H groups in total. The van der Waals surface area contributed by atoms with E-state index in [4.69, 9.17) is 0 Å². The molecule has 1 saturated heterocycles. The molecule has 1 nitrogen and oxygen atoms in total. The summed E-state index contributed by atoms with van der Waals surface area (Å²) < 4.78 is 52.0. The molecule has 0 spiro atoms. The van der Waals surface area contributed by atoms with Crippen LogP contribution in [-0.4, -0.2) is 30.7 Å². The summed E-state index contributed by atoms with van der Waals surface area (Å²) in [6, 6.07) is 4.59. The SMILES string of the molecule is Fc1cc(Br)cc(CCN2CCCC(C(F)(F)F)C2)c1. The predicted octanol–water partition coefficient (Wildman–Crippen LogP) is 4.41. The number of likely N-dealkylation sites (tertiary alicyclic amines) is 1. The van der Waals surface area contributed by atoms with Crippen LogP contribution in [0.15, 0.2) is 22.7 Å². The zero-order chi connectivity index (χ0) is 14.8. The average Bonchev–Trinajstić information content (AvgIpc) is 2.35. The fourth-order valence-electron chi connectivity index (χ4n) is 2.57. The first-order valence-electron chi connectivity index (χ1n) is 6.58. The first kappa shape index (κ1) is 15.8. The summed E-state index contributed by atoms with van der Waals surface area (Å²) in [6.45, 7) is 1.27. The molecular weight excluding hydrogens is 338 g/mol. The molecule has 1 aliphatic rings. The van der Waals surface area contributed by atoms with Crippen molar-refractivity contribution in [3.63, 3.8) is 0 Å². The van der Waals surface area contributed by atoms with Crippen molar-refractivity contribution in [1.29, 1.82) is 0 Å². The van der Waals surface area contributed by atoms with Gasteiger partial charge < -0.3 is 4.90 Å². The van der Waals surface area contributed by atoms with Crippen molar-refractivity contribution in [2.75, 3.05) is 19.6 Å². The average molecular weight is 354 g/mol. The molecule has 0 amide bonds. The standard InChI is InChI=1S/C14H16BrF4N/c15-12-6-10(7-13(16)8-12)3-5-20-4-1-2-11(9-20)14(17,18)19/h6-8,11H,1-5,9H2. The fraction of sp³-hybridized carbons (Fsp3) is 0.571. The smallest absolute Gasteiger partial charge is 0.302 e. The van der Waals surface area contributed by atoms with Gasteiger partial charge >= 0.3 is 6.18 Å². The van der Waals surface area contributed by atoms with Crippen molar-refractivity contribution in [3.8, 4) is 0 Å². The number of hydrogen-bond donors (Lipinski definition) is 0. The maximum Gasteiger partial charge on any atom is 0.393 e. The highest BCUT2D eigenvalue weighted by Gasteiger charge is 2.41. The fourth-order valence-corrected chi connectivity index (χ4v) is 3.08. The van der Waals surface area contributed by atoms with Crippen LogP contribution in [0, 0.1) is 11.7 Å². The van der Waals surface area contributed by atoms with Gasteiger partial charge in [0.15, 0.2) is 0 Å². The zero-order valence-corrected chi connectivity index (χ0v) is 12.5. The molecular formula is C14H16BrF4N. The minimum absolute atomic E-state index is 0.0555. The van der Waals surface area contributed by atoms with Gasteiger partial charge in [0.2, 0.25) is 0 Å². The van der Waals surface area contributed by atoms with Crippen molar-refractivity contribution in [3.05, 3.63) is 34.1 Å². The van der Waals surface area contributed by atoms with Gasteiger partial charge in [-0.1, -0.05) is 15.9 Å². The van der Waals surface area contributed by atoms with E-state index in [1.54, 1.807) is 6.07 Å². The number of halogens is 5. The van der Waals surface area contributed by atoms with Crippen molar-refractivity contribution in [2.45, 2.75) is 25.4 Å². The lowest BCUT2D eigenvalue weighted by atomic mass is 9.97. The van der Waals surface area contributed by atoms with Crippen molar-refractivity contribution in [1.82, 2.24) is 4.90 Å². The van der Waals surface area contributed by atoms with Crippen LogP contribution in [-0.2, 0) is 6.42 Å². The Morgan fingerprint density at radius 3 is 2.65 bits per heavy atom. The van der Waals surface area contributed by atoms with Gasteiger partial charge in [0.05, 0.1) is 5.92 Å². The van der Waals surface area contributed by atoms with Crippen molar-refractivity contribution in [2.24, 2.45) is 5.92 Å².